The molecule has 8 aromatic rings. The maximum Gasteiger partial charge on any atom is 0.228 e. The Morgan fingerprint density at radius 3 is 1.28 bits per heavy atom. The summed E-state index contributed by atoms with van der Waals surface area (Å²) in [7, 11) is 0. The van der Waals surface area contributed by atoms with Crippen molar-refractivity contribution in [1.82, 2.24) is 0 Å². The Hall–Kier alpha value is -10.9. The first-order chi connectivity index (χ1) is 40.4. The van der Waals surface area contributed by atoms with Gasteiger partial charge in [-0.1, -0.05) is 6.07 Å². The third-order valence-corrected chi connectivity index (χ3v) is 13.2. The van der Waals surface area contributed by atoms with Gasteiger partial charge in [-0.3, -0.25) is 38.8 Å². The van der Waals surface area contributed by atoms with Gasteiger partial charge in [0.1, 0.15) is 17.4 Å². The molecule has 0 fully saturated rings. The zero-order valence-electron chi connectivity index (χ0n) is 45.2. The summed E-state index contributed by atoms with van der Waals surface area (Å²) >= 11 is 0. The van der Waals surface area contributed by atoms with Crippen molar-refractivity contribution in [2.45, 2.75) is 48.5 Å². The van der Waals surface area contributed by atoms with Crippen LogP contribution in [-0.4, -0.2) is 49.2 Å². The molecule has 12 rings (SSSR count). The summed E-state index contributed by atoms with van der Waals surface area (Å²) in [4.78, 5) is 51.5. The fourth-order valence-electron chi connectivity index (χ4n) is 9.12. The average molecular weight is 1200 g/mol. The average Bonchev–Trinajstić information content (AvgIpc) is 1.10. The summed E-state index contributed by atoms with van der Waals surface area (Å²) in [5.41, 5.74) is 0.255. The Balaban J connectivity index is 0.000000137. The molecule has 0 saturated heterocycles. The first-order valence-electron chi connectivity index (χ1n) is 24.7. The number of phenols is 5. The molecule has 0 spiro atoms. The van der Waals surface area contributed by atoms with E-state index in [1.54, 1.807) is 6.92 Å². The number of amides is 4. The molecule has 17 nitrogen and oxygen atoms in total. The van der Waals surface area contributed by atoms with E-state index in [1.165, 1.54) is 76.2 Å². The molecule has 444 valence electrons. The van der Waals surface area contributed by atoms with Crippen molar-refractivity contribution in [2.75, 3.05) is 19.6 Å². The largest absolute Gasteiger partial charge is 0.508 e. The number of benzene rings is 8. The van der Waals surface area contributed by atoms with Crippen LogP contribution in [0.5, 0.6) is 74.7 Å². The predicted octanol–water partition coefficient (Wildman–Crippen LogP) is 14.8. The smallest absolute Gasteiger partial charge is 0.228 e. The molecule has 27 heteroatoms. The lowest BCUT2D eigenvalue weighted by Crippen LogP contribution is -2.27. The van der Waals surface area contributed by atoms with Crippen molar-refractivity contribution >= 4 is 69.1 Å². The number of carbonyl (C=O) groups excluding carboxylic acids is 4. The van der Waals surface area contributed by atoms with E-state index < -0.39 is 128 Å². The van der Waals surface area contributed by atoms with E-state index in [9.17, 15) is 88.6 Å². The van der Waals surface area contributed by atoms with Crippen LogP contribution in [0.25, 0.3) is 0 Å². The van der Waals surface area contributed by atoms with E-state index in [0.717, 1.165) is 58.9 Å². The molecule has 0 aliphatic carbocycles. The second kappa shape index (κ2) is 22.4. The summed E-state index contributed by atoms with van der Waals surface area (Å²) in [6.07, 6.45) is 0. The summed E-state index contributed by atoms with van der Waals surface area (Å²) in [5, 5.41) is 46.9. The van der Waals surface area contributed by atoms with Crippen molar-refractivity contribution in [3.63, 3.8) is 0 Å². The van der Waals surface area contributed by atoms with E-state index >= 15 is 0 Å². The molecule has 8 aromatic carbocycles. The number of rotatable bonds is 0. The highest BCUT2D eigenvalue weighted by Crippen LogP contribution is 2.55. The SMILES string of the molecule is CC(=O)N1c2cc(F)c(C)c(F)c2Oc2c1cc(F)c(O)c2F.CC(=O)N1c2cc(F)c(C)cc2Oc2cc(O)c(F)cc21.CC(=O)N1c2ccc(C)c(F)c2Oc2c1ccc(O)c2F.CC(=O)N1c2ccc(O)cc2Oc2c1cc(F)c(O)c2F. The minimum Gasteiger partial charge on any atom is -0.508 e. The molecule has 4 amide bonds. The number of carbonyl (C=O) groups is 4. The fourth-order valence-corrected chi connectivity index (χ4v) is 9.12. The lowest BCUT2D eigenvalue weighted by atomic mass is 10.1. The molecule has 0 aromatic heterocycles. The maximum atomic E-state index is 14.2. The van der Waals surface area contributed by atoms with Gasteiger partial charge in [0.05, 0.1) is 45.5 Å². The minimum absolute atomic E-state index is 0.0163. The van der Waals surface area contributed by atoms with Crippen LogP contribution in [0.2, 0.25) is 0 Å². The van der Waals surface area contributed by atoms with E-state index in [4.69, 9.17) is 18.9 Å². The van der Waals surface area contributed by atoms with Gasteiger partial charge >= 0.3 is 0 Å². The van der Waals surface area contributed by atoms with Crippen LogP contribution in [0, 0.1) is 78.9 Å². The number of aryl methyl sites for hydroxylation is 2. The molecule has 0 radical (unpaired) electrons. The quantitative estimate of drug-likeness (QED) is 0.0894. The molecule has 0 atom stereocenters. The van der Waals surface area contributed by atoms with Crippen molar-refractivity contribution in [1.29, 1.82) is 0 Å². The number of anilines is 8. The number of hydrogen-bond donors (Lipinski definition) is 5. The highest BCUT2D eigenvalue weighted by molar-refractivity contribution is 6.06. The fraction of sp³-hybridized carbons (Fsp3) is 0.119. The molecule has 4 heterocycles. The molecular formula is C59H40F10N4O13. The van der Waals surface area contributed by atoms with Gasteiger partial charge in [0, 0.05) is 75.7 Å². The van der Waals surface area contributed by atoms with Gasteiger partial charge in [-0.25, -0.2) is 30.7 Å². The van der Waals surface area contributed by atoms with Gasteiger partial charge in [-0.2, -0.15) is 13.2 Å². The Bertz CT molecular complexity index is 4050. The highest BCUT2D eigenvalue weighted by Gasteiger charge is 2.38. The lowest BCUT2D eigenvalue weighted by molar-refractivity contribution is -0.116. The zero-order valence-corrected chi connectivity index (χ0v) is 45.2. The summed E-state index contributed by atoms with van der Waals surface area (Å²) in [5.74, 6) is -18.5. The van der Waals surface area contributed by atoms with E-state index in [0.29, 0.717) is 22.1 Å². The van der Waals surface area contributed by atoms with Crippen LogP contribution in [0.3, 0.4) is 0 Å². The second-order valence-electron chi connectivity index (χ2n) is 19.0. The van der Waals surface area contributed by atoms with Crippen molar-refractivity contribution in [2.24, 2.45) is 0 Å². The van der Waals surface area contributed by atoms with Gasteiger partial charge in [-0.05, 0) is 68.3 Å². The van der Waals surface area contributed by atoms with Crippen LogP contribution in [0.4, 0.5) is 89.4 Å². The predicted molar refractivity (Wildman–Crippen MR) is 285 cm³/mol. The van der Waals surface area contributed by atoms with Crippen LogP contribution < -0.4 is 38.5 Å². The van der Waals surface area contributed by atoms with E-state index in [1.807, 2.05) is 0 Å². The molecule has 0 saturated carbocycles. The third kappa shape index (κ3) is 10.3. The van der Waals surface area contributed by atoms with Crippen LogP contribution >= 0.6 is 0 Å². The number of hydrogen-bond acceptors (Lipinski definition) is 13. The van der Waals surface area contributed by atoms with Crippen molar-refractivity contribution in [3.05, 3.63) is 160 Å². The second-order valence-corrected chi connectivity index (χ2v) is 19.0. The Kier molecular flexibility index (Phi) is 15.5. The number of halogens is 10. The number of aromatic hydroxyl groups is 5. The number of fused-ring (bicyclic) bond motifs is 8. The molecule has 0 unspecified atom stereocenters. The van der Waals surface area contributed by atoms with Gasteiger partial charge in [-0.15, -0.1) is 0 Å². The molecule has 4 aliphatic rings. The van der Waals surface area contributed by atoms with Crippen LogP contribution in [-0.2, 0) is 19.2 Å². The standard InChI is InChI=1S/C15H9F4NO3.2C15H11F2NO3.C14H9F2NO4/c1-5-7(16)3-9-14(11(5)18)23-15-10(20(9)6(2)21)4-8(17)13(22)12(15)19;1-7-3-14-11(4-9(7)16)18(8(2)19)12-5-10(17)13(20)6-15(12)21-14;1-7-3-4-9-14(12(7)16)21-15-10(18(9)8(2)19)5-6-11(20)13(15)17;1-6(18)17-9-3-2-7(19)4-11(9)21-14-10(17)5-8(15)13(20)12(14)16/h3-4,22H,1-2H3;2*3-6,20H,1-2H3;2-5,19-20H,1H3. The monoisotopic (exact) mass is 1200 g/mol. The van der Waals surface area contributed by atoms with Crippen LogP contribution in [0.15, 0.2) is 84.9 Å². The normalized spacial score (nSPS) is 12.5. The third-order valence-electron chi connectivity index (χ3n) is 13.2. The zero-order chi connectivity index (χ0) is 63.0. The summed E-state index contributed by atoms with van der Waals surface area (Å²) < 4.78 is 160. The Morgan fingerprint density at radius 1 is 0.337 bits per heavy atom. The first-order valence-corrected chi connectivity index (χ1v) is 24.7. The van der Waals surface area contributed by atoms with E-state index in [2.05, 4.69) is 0 Å². The maximum absolute atomic E-state index is 14.2. The Labute approximate surface area is 478 Å². The molecule has 86 heavy (non-hydrogen) atoms. The highest BCUT2D eigenvalue weighted by atomic mass is 19.2. The van der Waals surface area contributed by atoms with Gasteiger partial charge in [0.25, 0.3) is 0 Å². The Morgan fingerprint density at radius 2 is 0.733 bits per heavy atom. The van der Waals surface area contributed by atoms with Crippen molar-refractivity contribution in [3.8, 4) is 74.7 Å². The van der Waals surface area contributed by atoms with Crippen molar-refractivity contribution < 1.29 is 108 Å². The van der Waals surface area contributed by atoms with Crippen LogP contribution in [0.1, 0.15) is 44.4 Å². The molecular weight excluding hydrogens is 1160 g/mol. The van der Waals surface area contributed by atoms with Gasteiger partial charge in [0.2, 0.25) is 41.1 Å². The number of nitrogens with zero attached hydrogens (tertiary/aromatic N) is 4. The first kappa shape index (κ1) is 59.8. The lowest BCUT2D eigenvalue weighted by Gasteiger charge is -2.31. The minimum atomic E-state index is -1.49. The molecule has 0 bridgehead atoms. The topological polar surface area (TPSA) is 219 Å². The summed E-state index contributed by atoms with van der Waals surface area (Å²) in [6, 6.07) is 16.4. The van der Waals surface area contributed by atoms with E-state index in [-0.39, 0.29) is 79.9 Å². The molecule has 5 N–H and O–H groups in total. The number of ether oxygens (including phenoxy) is 4. The number of phenolic OH excluding ortho intramolecular Hbond substituents is 5. The molecule has 4 aliphatic heterocycles. The summed E-state index contributed by atoms with van der Waals surface area (Å²) in [6.45, 7) is 9.06. The van der Waals surface area contributed by atoms with Gasteiger partial charge in [0.15, 0.2) is 98.1 Å². The van der Waals surface area contributed by atoms with Gasteiger partial charge < -0.3 is 44.5 Å².